The molecule has 1 aromatic heterocycles. The van der Waals surface area contributed by atoms with E-state index >= 15 is 0 Å². The van der Waals surface area contributed by atoms with Crippen molar-refractivity contribution in [1.29, 1.82) is 0 Å². The van der Waals surface area contributed by atoms with Gasteiger partial charge in [-0.1, -0.05) is 52.8 Å². The van der Waals surface area contributed by atoms with Gasteiger partial charge in [0.2, 0.25) is 0 Å². The highest BCUT2D eigenvalue weighted by Crippen LogP contribution is 2.32. The number of benzene rings is 2. The lowest BCUT2D eigenvalue weighted by atomic mass is 9.98. The SMILES string of the molecule is CCCCc1oc2ccc(NS)cc2c1C(=O)c1ccc(OCCCN(CCCC)CCCC)cc1. The number of fused-ring (bicyclic) bond motifs is 1. The summed E-state index contributed by atoms with van der Waals surface area (Å²) in [5, 5.41) is 0.821. The first-order valence-corrected chi connectivity index (χ1v) is 14.0. The Labute approximate surface area is 222 Å². The van der Waals surface area contributed by atoms with Crippen LogP contribution in [0.4, 0.5) is 5.69 Å². The molecule has 2 aromatic carbocycles. The van der Waals surface area contributed by atoms with E-state index in [1.807, 2.05) is 42.5 Å². The van der Waals surface area contributed by atoms with Crippen LogP contribution in [0.3, 0.4) is 0 Å². The van der Waals surface area contributed by atoms with Crippen LogP contribution in [0.2, 0.25) is 0 Å². The van der Waals surface area contributed by atoms with Crippen LogP contribution in [-0.4, -0.2) is 36.9 Å². The number of furan rings is 1. The molecule has 1 N–H and O–H groups in total. The highest BCUT2D eigenvalue weighted by atomic mass is 32.1. The lowest BCUT2D eigenvalue weighted by Gasteiger charge is -2.21. The third kappa shape index (κ3) is 7.78. The summed E-state index contributed by atoms with van der Waals surface area (Å²) in [5.74, 6) is 1.53. The maximum absolute atomic E-state index is 13.6. The second-order valence-electron chi connectivity index (χ2n) is 9.43. The van der Waals surface area contributed by atoms with E-state index in [0.29, 0.717) is 17.7 Å². The number of hydrogen-bond acceptors (Lipinski definition) is 6. The van der Waals surface area contributed by atoms with Gasteiger partial charge in [0.25, 0.3) is 0 Å². The molecule has 6 heteroatoms. The van der Waals surface area contributed by atoms with E-state index in [-0.39, 0.29) is 5.78 Å². The molecule has 0 radical (unpaired) electrons. The molecule has 0 saturated heterocycles. The highest BCUT2D eigenvalue weighted by Gasteiger charge is 2.22. The molecule has 0 bridgehead atoms. The molecule has 5 nitrogen and oxygen atoms in total. The molecule has 3 aromatic rings. The Morgan fingerprint density at radius 3 is 2.22 bits per heavy atom. The van der Waals surface area contributed by atoms with E-state index in [4.69, 9.17) is 9.15 Å². The monoisotopic (exact) mass is 510 g/mol. The standard InChI is InChI=1S/C30H42N2O3S/c1-4-7-11-28-29(26-22-24(31-36)14-17-27(26)35-28)30(33)23-12-15-25(16-13-23)34-21-10-20-32(18-8-5-2)19-9-6-3/h12-17,22,31,36H,4-11,18-21H2,1-3H3. The average Bonchev–Trinajstić information content (AvgIpc) is 3.28. The number of unbranched alkanes of at least 4 members (excludes halogenated alkanes) is 3. The van der Waals surface area contributed by atoms with Crippen molar-refractivity contribution in [1.82, 2.24) is 4.90 Å². The minimum absolute atomic E-state index is 0.0230. The fourth-order valence-corrected chi connectivity index (χ4v) is 4.54. The van der Waals surface area contributed by atoms with Crippen LogP contribution in [0.5, 0.6) is 5.75 Å². The van der Waals surface area contributed by atoms with Crippen LogP contribution in [0.1, 0.15) is 87.4 Å². The molecule has 0 atom stereocenters. The molecule has 36 heavy (non-hydrogen) atoms. The van der Waals surface area contributed by atoms with Gasteiger partial charge in [-0.25, -0.2) is 0 Å². The zero-order valence-electron chi connectivity index (χ0n) is 22.1. The van der Waals surface area contributed by atoms with Crippen LogP contribution < -0.4 is 9.46 Å². The summed E-state index contributed by atoms with van der Waals surface area (Å²) < 4.78 is 15.0. The lowest BCUT2D eigenvalue weighted by Crippen LogP contribution is -2.28. The van der Waals surface area contributed by atoms with E-state index in [1.165, 1.54) is 38.8 Å². The first kappa shape index (κ1) is 28.1. The molecule has 0 saturated carbocycles. The van der Waals surface area contributed by atoms with Crippen LogP contribution in [0, 0.1) is 0 Å². The Bertz CT molecular complexity index is 1070. The number of carbonyl (C=O) groups is 1. The van der Waals surface area contributed by atoms with Crippen LogP contribution in [0.15, 0.2) is 46.9 Å². The number of anilines is 1. The van der Waals surface area contributed by atoms with Crippen molar-refractivity contribution >= 4 is 35.3 Å². The predicted molar refractivity (Wildman–Crippen MR) is 154 cm³/mol. The van der Waals surface area contributed by atoms with E-state index in [1.54, 1.807) is 0 Å². The third-order valence-corrected chi connectivity index (χ3v) is 6.79. The van der Waals surface area contributed by atoms with Crippen LogP contribution in [0.25, 0.3) is 11.0 Å². The number of carbonyl (C=O) groups excluding carboxylic acids is 1. The summed E-state index contributed by atoms with van der Waals surface area (Å²) in [4.78, 5) is 16.1. The Hall–Kier alpha value is -2.44. The molecule has 0 unspecified atom stereocenters. The van der Waals surface area contributed by atoms with Crippen molar-refractivity contribution in [2.45, 2.75) is 72.1 Å². The minimum atomic E-state index is -0.0230. The zero-order chi connectivity index (χ0) is 25.8. The maximum atomic E-state index is 13.6. The van der Waals surface area contributed by atoms with E-state index in [9.17, 15) is 4.79 Å². The van der Waals surface area contributed by atoms with Gasteiger partial charge in [-0.05, 0) is 81.2 Å². The predicted octanol–water partition coefficient (Wildman–Crippen LogP) is 7.93. The number of ketones is 1. The first-order valence-electron chi connectivity index (χ1n) is 13.6. The van der Waals surface area contributed by atoms with Crippen molar-refractivity contribution in [2.24, 2.45) is 0 Å². The molecule has 0 aliphatic heterocycles. The van der Waals surface area contributed by atoms with Gasteiger partial charge in [0.05, 0.1) is 12.2 Å². The summed E-state index contributed by atoms with van der Waals surface area (Å²) in [5.41, 5.74) is 2.84. The Kier molecular flexibility index (Phi) is 11.7. The van der Waals surface area contributed by atoms with Gasteiger partial charge >= 0.3 is 0 Å². The Morgan fingerprint density at radius 2 is 1.58 bits per heavy atom. The van der Waals surface area contributed by atoms with Gasteiger partial charge in [-0.3, -0.25) is 4.79 Å². The van der Waals surface area contributed by atoms with Crippen molar-refractivity contribution in [3.05, 3.63) is 59.4 Å². The fourth-order valence-electron chi connectivity index (χ4n) is 4.40. The number of nitrogens with zero attached hydrogens (tertiary/aromatic N) is 1. The number of ether oxygens (including phenoxy) is 1. The second-order valence-corrected chi connectivity index (χ2v) is 9.65. The second kappa shape index (κ2) is 15.0. The minimum Gasteiger partial charge on any atom is -0.494 e. The number of hydrogen-bond donors (Lipinski definition) is 2. The molecule has 0 aliphatic carbocycles. The summed E-state index contributed by atoms with van der Waals surface area (Å²) in [6.45, 7) is 10.7. The maximum Gasteiger partial charge on any atom is 0.197 e. The van der Waals surface area contributed by atoms with Crippen molar-refractivity contribution in [3.63, 3.8) is 0 Å². The van der Waals surface area contributed by atoms with Gasteiger partial charge in [0.1, 0.15) is 17.1 Å². The highest BCUT2D eigenvalue weighted by molar-refractivity contribution is 7.81. The quantitative estimate of drug-likeness (QED) is 0.110. The largest absolute Gasteiger partial charge is 0.494 e. The van der Waals surface area contributed by atoms with E-state index in [0.717, 1.165) is 60.4 Å². The van der Waals surface area contributed by atoms with E-state index in [2.05, 4.69) is 43.2 Å². The normalized spacial score (nSPS) is 11.4. The summed E-state index contributed by atoms with van der Waals surface area (Å²) in [6, 6.07) is 13.2. The summed E-state index contributed by atoms with van der Waals surface area (Å²) in [6.07, 6.45) is 8.70. The molecule has 0 amide bonds. The molecular formula is C30H42N2O3S. The Morgan fingerprint density at radius 1 is 0.917 bits per heavy atom. The Balaban J connectivity index is 1.65. The number of thiol groups is 1. The molecule has 3 rings (SSSR count). The molecule has 0 aliphatic rings. The third-order valence-electron chi connectivity index (χ3n) is 6.53. The lowest BCUT2D eigenvalue weighted by molar-refractivity contribution is 0.103. The molecule has 1 heterocycles. The van der Waals surface area contributed by atoms with Crippen molar-refractivity contribution in [3.8, 4) is 5.75 Å². The van der Waals surface area contributed by atoms with Crippen LogP contribution in [-0.2, 0) is 6.42 Å². The number of rotatable bonds is 17. The van der Waals surface area contributed by atoms with Gasteiger partial charge in [0, 0.05) is 29.6 Å². The summed E-state index contributed by atoms with van der Waals surface area (Å²) >= 11 is 4.16. The smallest absolute Gasteiger partial charge is 0.197 e. The molecule has 0 fully saturated rings. The van der Waals surface area contributed by atoms with Gasteiger partial charge < -0.3 is 18.8 Å². The average molecular weight is 511 g/mol. The van der Waals surface area contributed by atoms with E-state index < -0.39 is 0 Å². The molecule has 196 valence electrons. The number of aryl methyl sites for hydroxylation is 1. The summed E-state index contributed by atoms with van der Waals surface area (Å²) in [7, 11) is 0. The van der Waals surface area contributed by atoms with Crippen molar-refractivity contribution < 1.29 is 13.9 Å². The molecule has 0 spiro atoms. The zero-order valence-corrected chi connectivity index (χ0v) is 23.0. The number of nitrogens with one attached hydrogen (secondary N) is 1. The van der Waals surface area contributed by atoms with Crippen LogP contribution >= 0.6 is 12.8 Å². The van der Waals surface area contributed by atoms with Gasteiger partial charge in [-0.15, -0.1) is 0 Å². The molecular weight excluding hydrogens is 468 g/mol. The van der Waals surface area contributed by atoms with Crippen molar-refractivity contribution in [2.75, 3.05) is 31.0 Å². The fraction of sp³-hybridized carbons (Fsp3) is 0.500. The van der Waals surface area contributed by atoms with Gasteiger partial charge in [0.15, 0.2) is 5.78 Å². The topological polar surface area (TPSA) is 54.7 Å². The van der Waals surface area contributed by atoms with Gasteiger partial charge in [-0.2, -0.15) is 0 Å². The first-order chi connectivity index (χ1) is 17.6.